The molecule has 1 aromatic heterocycles. The molecule has 5 nitrogen and oxygen atoms in total. The highest BCUT2D eigenvalue weighted by molar-refractivity contribution is 6.32. The minimum absolute atomic E-state index is 0.0501. The van der Waals surface area contributed by atoms with Crippen LogP contribution in [0.25, 0.3) is 0 Å². The molecule has 0 radical (unpaired) electrons. The maximum atomic E-state index is 12.0. The zero-order valence-electron chi connectivity index (χ0n) is 11.7. The Balaban J connectivity index is 1.80. The van der Waals surface area contributed by atoms with Gasteiger partial charge in [0.15, 0.2) is 0 Å². The summed E-state index contributed by atoms with van der Waals surface area (Å²) in [6.07, 6.45) is 0.770. The van der Waals surface area contributed by atoms with Crippen LogP contribution in [0.15, 0.2) is 23.0 Å². The summed E-state index contributed by atoms with van der Waals surface area (Å²) in [5, 5.41) is 9.79. The van der Waals surface area contributed by atoms with Crippen molar-refractivity contribution in [1.82, 2.24) is 14.9 Å². The van der Waals surface area contributed by atoms with Crippen LogP contribution in [0, 0.1) is 6.92 Å². The summed E-state index contributed by atoms with van der Waals surface area (Å²) in [6, 6.07) is 5.19. The number of H-pyrrole nitrogens is 1. The topological polar surface area (TPSA) is 69.2 Å². The number of fused-ring (bicyclic) bond motifs is 1. The Morgan fingerprint density at radius 2 is 2.29 bits per heavy atom. The number of aryl methyl sites for hydroxylation is 1. The van der Waals surface area contributed by atoms with Crippen LogP contribution in [0.4, 0.5) is 0 Å². The van der Waals surface area contributed by atoms with E-state index in [4.69, 9.17) is 11.6 Å². The molecule has 110 valence electrons. The van der Waals surface area contributed by atoms with E-state index in [-0.39, 0.29) is 11.3 Å². The molecule has 0 spiro atoms. The van der Waals surface area contributed by atoms with Crippen molar-refractivity contribution in [2.45, 2.75) is 26.4 Å². The molecule has 2 aromatic rings. The second-order valence-corrected chi connectivity index (χ2v) is 5.73. The number of rotatable bonds is 2. The van der Waals surface area contributed by atoms with Gasteiger partial charge in [-0.05, 0) is 24.6 Å². The van der Waals surface area contributed by atoms with Gasteiger partial charge in [-0.2, -0.15) is 0 Å². The number of aromatic hydroxyl groups is 1. The van der Waals surface area contributed by atoms with Gasteiger partial charge in [0.25, 0.3) is 5.56 Å². The molecule has 1 aromatic carbocycles. The molecule has 2 N–H and O–H groups in total. The number of hydrogen-bond donors (Lipinski definition) is 2. The van der Waals surface area contributed by atoms with Crippen LogP contribution < -0.4 is 5.56 Å². The summed E-state index contributed by atoms with van der Waals surface area (Å²) in [5.74, 6) is 0.748. The van der Waals surface area contributed by atoms with Crippen LogP contribution >= 0.6 is 11.6 Å². The fourth-order valence-corrected chi connectivity index (χ4v) is 2.85. The number of halogens is 1. The highest BCUT2D eigenvalue weighted by atomic mass is 35.5. The molecule has 6 heteroatoms. The summed E-state index contributed by atoms with van der Waals surface area (Å²) < 4.78 is 0. The Hall–Kier alpha value is -1.85. The van der Waals surface area contributed by atoms with Crippen molar-refractivity contribution in [2.75, 3.05) is 6.54 Å². The highest BCUT2D eigenvalue weighted by Gasteiger charge is 2.20. The Morgan fingerprint density at radius 1 is 1.48 bits per heavy atom. The summed E-state index contributed by atoms with van der Waals surface area (Å²) in [7, 11) is 0. The molecule has 0 aliphatic carbocycles. The summed E-state index contributed by atoms with van der Waals surface area (Å²) >= 11 is 5.92. The van der Waals surface area contributed by atoms with Gasteiger partial charge < -0.3 is 10.1 Å². The van der Waals surface area contributed by atoms with Crippen LogP contribution in [0.1, 0.15) is 22.6 Å². The molecule has 0 atom stereocenters. The largest absolute Gasteiger partial charge is 0.506 e. The van der Waals surface area contributed by atoms with Crippen LogP contribution in [-0.2, 0) is 19.5 Å². The lowest BCUT2D eigenvalue weighted by Crippen LogP contribution is -2.35. The van der Waals surface area contributed by atoms with E-state index in [9.17, 15) is 9.90 Å². The predicted octanol–water partition coefficient (Wildman–Crippen LogP) is 2.00. The Morgan fingerprint density at radius 3 is 3.05 bits per heavy atom. The van der Waals surface area contributed by atoms with E-state index >= 15 is 0 Å². The van der Waals surface area contributed by atoms with Gasteiger partial charge >= 0.3 is 0 Å². The molecule has 2 heterocycles. The summed E-state index contributed by atoms with van der Waals surface area (Å²) in [6.45, 7) is 3.91. The third-order valence-electron chi connectivity index (χ3n) is 3.68. The summed E-state index contributed by atoms with van der Waals surface area (Å²) in [5.41, 5.74) is 2.61. The Labute approximate surface area is 127 Å². The van der Waals surface area contributed by atoms with Crippen LogP contribution in [-0.4, -0.2) is 26.5 Å². The molecule has 1 aliphatic heterocycles. The standard InChI is InChI=1S/C15H16ClN3O2/c1-9-17-13-4-5-19(8-11(13)15(21)18-9)7-10-2-3-14(20)12(16)6-10/h2-3,6,20H,4-5,7-8H2,1H3,(H,17,18,21). The van der Waals surface area contributed by atoms with Gasteiger partial charge in [0.2, 0.25) is 0 Å². The van der Waals surface area contributed by atoms with Gasteiger partial charge in [-0.3, -0.25) is 9.69 Å². The lowest BCUT2D eigenvalue weighted by Gasteiger charge is -2.27. The van der Waals surface area contributed by atoms with E-state index in [2.05, 4.69) is 14.9 Å². The zero-order chi connectivity index (χ0) is 15.0. The minimum atomic E-state index is -0.0501. The van der Waals surface area contributed by atoms with E-state index in [1.54, 1.807) is 19.1 Å². The van der Waals surface area contributed by atoms with Gasteiger partial charge in [0.1, 0.15) is 11.6 Å². The molecule has 0 fully saturated rings. The zero-order valence-corrected chi connectivity index (χ0v) is 12.4. The molecule has 0 saturated carbocycles. The third kappa shape index (κ3) is 2.94. The maximum Gasteiger partial charge on any atom is 0.255 e. The molecule has 21 heavy (non-hydrogen) atoms. The first kappa shape index (κ1) is 14.1. The Kier molecular flexibility index (Phi) is 3.69. The molecular formula is C15H16ClN3O2. The number of aromatic amines is 1. The number of nitrogens with one attached hydrogen (secondary N) is 1. The predicted molar refractivity (Wildman–Crippen MR) is 80.5 cm³/mol. The smallest absolute Gasteiger partial charge is 0.255 e. The minimum Gasteiger partial charge on any atom is -0.506 e. The van der Waals surface area contributed by atoms with Gasteiger partial charge in [-0.25, -0.2) is 4.98 Å². The second kappa shape index (κ2) is 5.50. The number of nitrogens with zero attached hydrogens (tertiary/aromatic N) is 2. The number of phenols is 1. The van der Waals surface area contributed by atoms with Gasteiger partial charge in [0, 0.05) is 26.1 Å². The molecule has 1 aliphatic rings. The Bertz CT molecular complexity index is 742. The fourth-order valence-electron chi connectivity index (χ4n) is 2.65. The van der Waals surface area contributed by atoms with E-state index in [1.165, 1.54) is 0 Å². The van der Waals surface area contributed by atoms with Crippen molar-refractivity contribution in [3.05, 3.63) is 56.2 Å². The van der Waals surface area contributed by atoms with Crippen molar-refractivity contribution < 1.29 is 5.11 Å². The van der Waals surface area contributed by atoms with Crippen molar-refractivity contribution in [3.8, 4) is 5.75 Å². The summed E-state index contributed by atoms with van der Waals surface area (Å²) in [4.78, 5) is 21.3. The van der Waals surface area contributed by atoms with E-state index < -0.39 is 0 Å². The van der Waals surface area contributed by atoms with Gasteiger partial charge in [-0.15, -0.1) is 0 Å². The fraction of sp³-hybridized carbons (Fsp3) is 0.333. The van der Waals surface area contributed by atoms with Gasteiger partial charge in [0.05, 0.1) is 16.3 Å². The number of phenolic OH excluding ortho intramolecular Hbond substituents is 1. The number of benzene rings is 1. The first-order chi connectivity index (χ1) is 10.0. The lowest BCUT2D eigenvalue weighted by atomic mass is 10.1. The molecule has 0 bridgehead atoms. The molecule has 0 unspecified atom stereocenters. The van der Waals surface area contributed by atoms with E-state index in [0.717, 1.165) is 29.8 Å². The first-order valence-corrected chi connectivity index (χ1v) is 7.19. The van der Waals surface area contributed by atoms with E-state index in [1.807, 2.05) is 6.07 Å². The molecule has 0 saturated heterocycles. The lowest BCUT2D eigenvalue weighted by molar-refractivity contribution is 0.241. The average Bonchev–Trinajstić information content (AvgIpc) is 2.43. The average molecular weight is 306 g/mol. The van der Waals surface area contributed by atoms with Crippen LogP contribution in [0.3, 0.4) is 0 Å². The van der Waals surface area contributed by atoms with Crippen LogP contribution in [0.5, 0.6) is 5.75 Å². The second-order valence-electron chi connectivity index (χ2n) is 5.32. The quantitative estimate of drug-likeness (QED) is 0.890. The van der Waals surface area contributed by atoms with Crippen molar-refractivity contribution in [1.29, 1.82) is 0 Å². The normalized spacial score (nSPS) is 15.0. The van der Waals surface area contributed by atoms with Crippen molar-refractivity contribution in [3.63, 3.8) is 0 Å². The molecule has 3 rings (SSSR count). The monoisotopic (exact) mass is 305 g/mol. The maximum absolute atomic E-state index is 12.0. The SMILES string of the molecule is Cc1nc2c(c(=O)[nH]1)CN(Cc1ccc(O)c(Cl)c1)CC2. The number of aromatic nitrogens is 2. The van der Waals surface area contributed by atoms with Gasteiger partial charge in [-0.1, -0.05) is 17.7 Å². The molecule has 0 amide bonds. The first-order valence-electron chi connectivity index (χ1n) is 6.81. The third-order valence-corrected chi connectivity index (χ3v) is 3.99. The van der Waals surface area contributed by atoms with E-state index in [0.29, 0.717) is 23.9 Å². The van der Waals surface area contributed by atoms with Crippen molar-refractivity contribution in [2.24, 2.45) is 0 Å². The van der Waals surface area contributed by atoms with Crippen LogP contribution in [0.2, 0.25) is 5.02 Å². The van der Waals surface area contributed by atoms with Crippen molar-refractivity contribution >= 4 is 11.6 Å². The number of hydrogen-bond acceptors (Lipinski definition) is 4. The molecular weight excluding hydrogens is 290 g/mol. The highest BCUT2D eigenvalue weighted by Crippen LogP contribution is 2.25.